The lowest BCUT2D eigenvalue weighted by atomic mass is 10.6. The number of rotatable bonds is 1. The number of hydrogen-bond acceptors (Lipinski definition) is 3. The molecule has 0 saturated carbocycles. The Hall–Kier alpha value is -1.03. The first-order valence-electron chi connectivity index (χ1n) is 3.24. The molecule has 0 radical (unpaired) electrons. The molecule has 2 aromatic rings. The molecule has 0 fully saturated rings. The Morgan fingerprint density at radius 1 is 1.55 bits per heavy atom. The highest BCUT2D eigenvalue weighted by molar-refractivity contribution is 7.98. The highest BCUT2D eigenvalue weighted by atomic mass is 32.2. The average molecular weight is 165 g/mol. The molecule has 56 valence electrons. The maximum absolute atomic E-state index is 4.25. The molecule has 0 aliphatic rings. The molecule has 4 heteroatoms. The Morgan fingerprint density at radius 3 is 3.18 bits per heavy atom. The first-order chi connectivity index (χ1) is 5.40. The summed E-state index contributed by atoms with van der Waals surface area (Å²) < 4.78 is 1.77. The maximum atomic E-state index is 4.25. The Morgan fingerprint density at radius 2 is 2.45 bits per heavy atom. The average Bonchev–Trinajstić information content (AvgIpc) is 2.46. The molecule has 0 spiro atoms. The van der Waals surface area contributed by atoms with Gasteiger partial charge in [0.2, 0.25) is 0 Å². The van der Waals surface area contributed by atoms with E-state index >= 15 is 0 Å². The third kappa shape index (κ3) is 1.09. The van der Waals surface area contributed by atoms with Gasteiger partial charge in [0.1, 0.15) is 5.03 Å². The summed E-state index contributed by atoms with van der Waals surface area (Å²) in [5.41, 5.74) is 0.900. The molecule has 2 aromatic heterocycles. The van der Waals surface area contributed by atoms with E-state index in [0.717, 1.165) is 10.7 Å². The number of thioether (sulfide) groups is 1. The van der Waals surface area contributed by atoms with Crippen LogP contribution in [0.1, 0.15) is 0 Å². The fourth-order valence-corrected chi connectivity index (χ4v) is 1.30. The number of fused-ring (bicyclic) bond motifs is 1. The van der Waals surface area contributed by atoms with E-state index in [0.29, 0.717) is 0 Å². The minimum absolute atomic E-state index is 0.900. The fourth-order valence-electron chi connectivity index (χ4n) is 0.908. The van der Waals surface area contributed by atoms with Crippen molar-refractivity contribution in [1.29, 1.82) is 0 Å². The third-order valence-electron chi connectivity index (χ3n) is 1.42. The van der Waals surface area contributed by atoms with E-state index in [9.17, 15) is 0 Å². The number of hydrogen-bond donors (Lipinski definition) is 0. The van der Waals surface area contributed by atoms with Gasteiger partial charge in [0, 0.05) is 18.5 Å². The second-order valence-corrected chi connectivity index (χ2v) is 2.94. The van der Waals surface area contributed by atoms with Gasteiger partial charge in [-0.25, -0.2) is 9.50 Å². The van der Waals surface area contributed by atoms with Crippen LogP contribution < -0.4 is 0 Å². The van der Waals surface area contributed by atoms with E-state index in [4.69, 9.17) is 0 Å². The first-order valence-corrected chi connectivity index (χ1v) is 4.47. The molecule has 0 unspecified atom stereocenters. The van der Waals surface area contributed by atoms with Crippen molar-refractivity contribution in [3.63, 3.8) is 0 Å². The molecule has 0 amide bonds. The van der Waals surface area contributed by atoms with Crippen LogP contribution in [0.2, 0.25) is 0 Å². The summed E-state index contributed by atoms with van der Waals surface area (Å²) in [6.07, 6.45) is 5.66. The molecule has 0 aromatic carbocycles. The summed E-state index contributed by atoms with van der Waals surface area (Å²) in [6.45, 7) is 0. The van der Waals surface area contributed by atoms with Crippen molar-refractivity contribution in [1.82, 2.24) is 14.6 Å². The van der Waals surface area contributed by atoms with Crippen LogP contribution in [0.25, 0.3) is 5.65 Å². The quantitative estimate of drug-likeness (QED) is 0.599. The van der Waals surface area contributed by atoms with Crippen LogP contribution in [0.15, 0.2) is 29.6 Å². The summed E-state index contributed by atoms with van der Waals surface area (Å²) in [7, 11) is 0. The molecule has 0 aliphatic heterocycles. The van der Waals surface area contributed by atoms with E-state index in [-0.39, 0.29) is 0 Å². The van der Waals surface area contributed by atoms with Crippen LogP contribution in [0.4, 0.5) is 0 Å². The lowest BCUT2D eigenvalue weighted by molar-refractivity contribution is 0.888. The predicted octanol–water partition coefficient (Wildman–Crippen LogP) is 1.45. The Labute approximate surface area is 68.4 Å². The van der Waals surface area contributed by atoms with Crippen molar-refractivity contribution in [2.24, 2.45) is 0 Å². The minimum Gasteiger partial charge on any atom is -0.237 e. The molecule has 0 saturated heterocycles. The second kappa shape index (κ2) is 2.54. The molecule has 3 nitrogen and oxygen atoms in total. The van der Waals surface area contributed by atoms with Gasteiger partial charge in [-0.2, -0.15) is 5.10 Å². The van der Waals surface area contributed by atoms with E-state index in [1.807, 2.05) is 24.6 Å². The molecule has 0 N–H and O–H groups in total. The predicted molar refractivity (Wildman–Crippen MR) is 44.8 cm³/mol. The van der Waals surface area contributed by atoms with Crippen molar-refractivity contribution >= 4 is 17.4 Å². The first kappa shape index (κ1) is 6.67. The summed E-state index contributed by atoms with van der Waals surface area (Å²) in [5, 5.41) is 5.25. The second-order valence-electron chi connectivity index (χ2n) is 2.11. The summed E-state index contributed by atoms with van der Waals surface area (Å²) >= 11 is 1.62. The summed E-state index contributed by atoms with van der Waals surface area (Å²) in [4.78, 5) is 4.14. The van der Waals surface area contributed by atoms with Gasteiger partial charge in [-0.1, -0.05) is 0 Å². The van der Waals surface area contributed by atoms with Crippen molar-refractivity contribution in [3.8, 4) is 0 Å². The smallest absolute Gasteiger partial charge is 0.156 e. The molecule has 0 atom stereocenters. The monoisotopic (exact) mass is 165 g/mol. The van der Waals surface area contributed by atoms with E-state index in [1.54, 1.807) is 22.5 Å². The van der Waals surface area contributed by atoms with Gasteiger partial charge < -0.3 is 0 Å². The zero-order chi connectivity index (χ0) is 7.68. The van der Waals surface area contributed by atoms with Crippen LogP contribution in [0.3, 0.4) is 0 Å². The molecular weight excluding hydrogens is 158 g/mol. The highest BCUT2D eigenvalue weighted by Gasteiger charge is 1.97. The Balaban J connectivity index is 2.69. The van der Waals surface area contributed by atoms with Crippen molar-refractivity contribution < 1.29 is 0 Å². The van der Waals surface area contributed by atoms with Crippen molar-refractivity contribution in [2.75, 3.05) is 6.26 Å². The van der Waals surface area contributed by atoms with Gasteiger partial charge in [-0.15, -0.1) is 11.8 Å². The van der Waals surface area contributed by atoms with E-state index < -0.39 is 0 Å². The SMILES string of the molecule is CSc1cc2ncccn2n1. The molecule has 2 rings (SSSR count). The van der Waals surface area contributed by atoms with Crippen LogP contribution in [0.5, 0.6) is 0 Å². The Kier molecular flexibility index (Phi) is 1.54. The molecule has 0 aliphatic carbocycles. The third-order valence-corrected chi connectivity index (χ3v) is 2.04. The summed E-state index contributed by atoms with van der Waals surface area (Å²) in [5.74, 6) is 0. The highest BCUT2D eigenvalue weighted by Crippen LogP contribution is 2.12. The van der Waals surface area contributed by atoms with Gasteiger partial charge in [0.15, 0.2) is 5.65 Å². The Bertz CT molecular complexity index is 335. The van der Waals surface area contributed by atoms with Gasteiger partial charge in [0.25, 0.3) is 0 Å². The number of nitrogens with zero attached hydrogens (tertiary/aromatic N) is 3. The number of aromatic nitrogens is 3. The van der Waals surface area contributed by atoms with Crippen LogP contribution in [0, 0.1) is 0 Å². The van der Waals surface area contributed by atoms with Crippen LogP contribution >= 0.6 is 11.8 Å². The zero-order valence-corrected chi connectivity index (χ0v) is 6.88. The van der Waals surface area contributed by atoms with Crippen molar-refractivity contribution in [3.05, 3.63) is 24.5 Å². The maximum Gasteiger partial charge on any atom is 0.156 e. The topological polar surface area (TPSA) is 30.2 Å². The lowest BCUT2D eigenvalue weighted by Crippen LogP contribution is -1.86. The molecule has 0 bridgehead atoms. The fraction of sp³-hybridized carbons (Fsp3) is 0.143. The minimum atomic E-state index is 0.900. The van der Waals surface area contributed by atoms with Crippen LogP contribution in [-0.4, -0.2) is 20.9 Å². The lowest BCUT2D eigenvalue weighted by Gasteiger charge is -1.86. The standard InChI is InChI=1S/C7H7N3S/c1-11-7-5-6-8-3-2-4-10(6)9-7/h2-5H,1H3. The zero-order valence-electron chi connectivity index (χ0n) is 6.06. The van der Waals surface area contributed by atoms with E-state index in [2.05, 4.69) is 10.1 Å². The van der Waals surface area contributed by atoms with Crippen LogP contribution in [-0.2, 0) is 0 Å². The van der Waals surface area contributed by atoms with Crippen molar-refractivity contribution in [2.45, 2.75) is 5.03 Å². The van der Waals surface area contributed by atoms with Gasteiger partial charge >= 0.3 is 0 Å². The normalized spacial score (nSPS) is 10.6. The molecule has 11 heavy (non-hydrogen) atoms. The van der Waals surface area contributed by atoms with E-state index in [1.165, 1.54) is 0 Å². The molecular formula is C7H7N3S. The van der Waals surface area contributed by atoms with Gasteiger partial charge in [-0.05, 0) is 12.3 Å². The summed E-state index contributed by atoms with van der Waals surface area (Å²) in [6, 6.07) is 3.83. The van der Waals surface area contributed by atoms with Gasteiger partial charge in [0.05, 0.1) is 0 Å². The largest absolute Gasteiger partial charge is 0.237 e. The van der Waals surface area contributed by atoms with Gasteiger partial charge in [-0.3, -0.25) is 0 Å². The molecule has 2 heterocycles.